The minimum absolute atomic E-state index is 0.515. The van der Waals surface area contributed by atoms with Gasteiger partial charge in [-0.3, -0.25) is 9.48 Å². The van der Waals surface area contributed by atoms with Crippen molar-refractivity contribution in [2.75, 3.05) is 0 Å². The lowest BCUT2D eigenvalue weighted by Crippen LogP contribution is -1.95. The minimum Gasteiger partial charge on any atom is -0.453 e. The van der Waals surface area contributed by atoms with Gasteiger partial charge in [0.25, 0.3) is 0 Å². The van der Waals surface area contributed by atoms with E-state index in [4.69, 9.17) is 4.74 Å². The van der Waals surface area contributed by atoms with E-state index in [1.54, 1.807) is 24.4 Å². The fourth-order valence-electron chi connectivity index (χ4n) is 1.57. The van der Waals surface area contributed by atoms with Crippen LogP contribution in [0.5, 0.6) is 11.5 Å². The summed E-state index contributed by atoms with van der Waals surface area (Å²) in [5, 5.41) is 4.17. The monoisotopic (exact) mass is 308 g/mol. The number of rotatable bonds is 5. The molecule has 5 heteroatoms. The number of aldehydes is 1. The molecular formula is C13H13BrN2O2. The molecule has 0 unspecified atom stereocenters. The second-order valence-electron chi connectivity index (χ2n) is 3.84. The zero-order valence-corrected chi connectivity index (χ0v) is 11.6. The SMILES string of the molecule is CCCn1cc(Oc2cc(Br)ccc2C=O)cn1. The van der Waals surface area contributed by atoms with Crippen LogP contribution in [0.1, 0.15) is 23.7 Å². The molecule has 4 nitrogen and oxygen atoms in total. The highest BCUT2D eigenvalue weighted by Crippen LogP contribution is 2.27. The first-order valence-corrected chi connectivity index (χ1v) is 6.47. The van der Waals surface area contributed by atoms with Crippen molar-refractivity contribution < 1.29 is 9.53 Å². The maximum atomic E-state index is 10.9. The van der Waals surface area contributed by atoms with Crippen molar-refractivity contribution in [3.05, 3.63) is 40.6 Å². The Morgan fingerprint density at radius 2 is 2.33 bits per heavy atom. The van der Waals surface area contributed by atoms with Crippen LogP contribution in [0, 0.1) is 0 Å². The maximum absolute atomic E-state index is 10.9. The summed E-state index contributed by atoms with van der Waals surface area (Å²) in [7, 11) is 0. The van der Waals surface area contributed by atoms with E-state index >= 15 is 0 Å². The summed E-state index contributed by atoms with van der Waals surface area (Å²) in [4.78, 5) is 10.9. The molecule has 0 N–H and O–H groups in total. The first-order valence-electron chi connectivity index (χ1n) is 5.68. The van der Waals surface area contributed by atoms with Gasteiger partial charge >= 0.3 is 0 Å². The summed E-state index contributed by atoms with van der Waals surface area (Å²) in [6, 6.07) is 5.28. The molecule has 1 aromatic heterocycles. The molecular weight excluding hydrogens is 296 g/mol. The lowest BCUT2D eigenvalue weighted by molar-refractivity contribution is 0.112. The van der Waals surface area contributed by atoms with Crippen LogP contribution < -0.4 is 4.74 Å². The zero-order chi connectivity index (χ0) is 13.0. The average Bonchev–Trinajstić information content (AvgIpc) is 2.77. The standard InChI is InChI=1S/C13H13BrN2O2/c1-2-5-16-8-12(7-15-16)18-13-6-11(14)4-3-10(13)9-17/h3-4,6-9H,2,5H2,1H3. The van der Waals surface area contributed by atoms with E-state index in [0.717, 1.165) is 23.7 Å². The molecule has 1 heterocycles. The largest absolute Gasteiger partial charge is 0.453 e. The van der Waals surface area contributed by atoms with E-state index in [-0.39, 0.29) is 0 Å². The molecule has 2 rings (SSSR count). The van der Waals surface area contributed by atoms with Gasteiger partial charge in [-0.15, -0.1) is 0 Å². The molecule has 1 aromatic carbocycles. The summed E-state index contributed by atoms with van der Waals surface area (Å²) < 4.78 is 8.34. The third-order valence-corrected chi connectivity index (χ3v) is 2.89. The van der Waals surface area contributed by atoms with Crippen LogP contribution in [0.25, 0.3) is 0 Å². The highest BCUT2D eigenvalue weighted by Gasteiger charge is 2.07. The van der Waals surface area contributed by atoms with Crippen LogP contribution in [0.4, 0.5) is 0 Å². The second kappa shape index (κ2) is 5.82. The van der Waals surface area contributed by atoms with E-state index < -0.39 is 0 Å². The molecule has 0 bridgehead atoms. The Morgan fingerprint density at radius 1 is 1.50 bits per heavy atom. The van der Waals surface area contributed by atoms with E-state index in [2.05, 4.69) is 28.0 Å². The van der Waals surface area contributed by atoms with Gasteiger partial charge in [0.2, 0.25) is 0 Å². The summed E-state index contributed by atoms with van der Waals surface area (Å²) >= 11 is 3.35. The average molecular weight is 309 g/mol. The molecule has 0 fully saturated rings. The first-order chi connectivity index (χ1) is 8.72. The Labute approximate surface area is 114 Å². The number of aryl methyl sites for hydroxylation is 1. The normalized spacial score (nSPS) is 10.3. The summed E-state index contributed by atoms with van der Waals surface area (Å²) in [6.45, 7) is 2.93. The third kappa shape index (κ3) is 2.98. The van der Waals surface area contributed by atoms with Crippen LogP contribution in [0.2, 0.25) is 0 Å². The fraction of sp³-hybridized carbons (Fsp3) is 0.231. The van der Waals surface area contributed by atoms with Crippen molar-refractivity contribution >= 4 is 22.2 Å². The third-order valence-electron chi connectivity index (χ3n) is 2.39. The Bertz CT molecular complexity index is 552. The fourth-order valence-corrected chi connectivity index (χ4v) is 1.91. The summed E-state index contributed by atoms with van der Waals surface area (Å²) in [5.74, 6) is 1.15. The number of hydrogen-bond acceptors (Lipinski definition) is 3. The van der Waals surface area contributed by atoms with Crippen LogP contribution in [-0.4, -0.2) is 16.1 Å². The number of ether oxygens (including phenoxy) is 1. The van der Waals surface area contributed by atoms with Crippen molar-refractivity contribution in [2.45, 2.75) is 19.9 Å². The van der Waals surface area contributed by atoms with Gasteiger partial charge in [-0.25, -0.2) is 0 Å². The number of carbonyl (C=O) groups is 1. The number of halogens is 1. The first kappa shape index (κ1) is 12.8. The number of benzene rings is 1. The maximum Gasteiger partial charge on any atom is 0.165 e. The molecule has 0 amide bonds. The van der Waals surface area contributed by atoms with E-state index in [0.29, 0.717) is 17.1 Å². The van der Waals surface area contributed by atoms with Gasteiger partial charge in [0.05, 0.1) is 18.0 Å². The van der Waals surface area contributed by atoms with Gasteiger partial charge in [-0.2, -0.15) is 5.10 Å². The molecule has 0 spiro atoms. The second-order valence-corrected chi connectivity index (χ2v) is 4.76. The molecule has 0 aliphatic rings. The molecule has 0 radical (unpaired) electrons. The van der Waals surface area contributed by atoms with Gasteiger partial charge in [0.15, 0.2) is 12.0 Å². The predicted octanol–water partition coefficient (Wildman–Crippen LogP) is 3.66. The highest BCUT2D eigenvalue weighted by atomic mass is 79.9. The van der Waals surface area contributed by atoms with Gasteiger partial charge in [0, 0.05) is 11.0 Å². The molecule has 0 aliphatic heterocycles. The van der Waals surface area contributed by atoms with Crippen LogP contribution >= 0.6 is 15.9 Å². The molecule has 0 saturated carbocycles. The molecule has 94 valence electrons. The van der Waals surface area contributed by atoms with Crippen molar-refractivity contribution in [3.8, 4) is 11.5 Å². The number of hydrogen-bond donors (Lipinski definition) is 0. The van der Waals surface area contributed by atoms with Crippen molar-refractivity contribution in [2.24, 2.45) is 0 Å². The minimum atomic E-state index is 0.515. The van der Waals surface area contributed by atoms with Gasteiger partial charge in [-0.1, -0.05) is 22.9 Å². The molecule has 2 aromatic rings. The number of aromatic nitrogens is 2. The highest BCUT2D eigenvalue weighted by molar-refractivity contribution is 9.10. The lowest BCUT2D eigenvalue weighted by atomic mass is 10.2. The molecule has 0 atom stereocenters. The molecule has 0 saturated heterocycles. The van der Waals surface area contributed by atoms with E-state index in [1.165, 1.54) is 0 Å². The van der Waals surface area contributed by atoms with Crippen LogP contribution in [0.3, 0.4) is 0 Å². The van der Waals surface area contributed by atoms with Gasteiger partial charge in [-0.05, 0) is 24.6 Å². The Hall–Kier alpha value is -1.62. The zero-order valence-electron chi connectivity index (χ0n) is 9.97. The van der Waals surface area contributed by atoms with Crippen molar-refractivity contribution in [3.63, 3.8) is 0 Å². The topological polar surface area (TPSA) is 44.1 Å². The summed E-state index contributed by atoms with van der Waals surface area (Å²) in [6.07, 6.45) is 5.25. The van der Waals surface area contributed by atoms with Crippen molar-refractivity contribution in [1.29, 1.82) is 0 Å². The van der Waals surface area contributed by atoms with Crippen LogP contribution in [0.15, 0.2) is 35.1 Å². The summed E-state index contributed by atoms with van der Waals surface area (Å²) in [5.41, 5.74) is 0.515. The van der Waals surface area contributed by atoms with Crippen molar-refractivity contribution in [1.82, 2.24) is 9.78 Å². The van der Waals surface area contributed by atoms with Crippen LogP contribution in [-0.2, 0) is 6.54 Å². The van der Waals surface area contributed by atoms with Gasteiger partial charge < -0.3 is 4.74 Å². The number of carbonyl (C=O) groups excluding carboxylic acids is 1. The molecule has 18 heavy (non-hydrogen) atoms. The smallest absolute Gasteiger partial charge is 0.165 e. The number of nitrogens with zero attached hydrogens (tertiary/aromatic N) is 2. The Balaban J connectivity index is 2.21. The molecule has 0 aliphatic carbocycles. The van der Waals surface area contributed by atoms with E-state index in [1.807, 2.05) is 10.9 Å². The Morgan fingerprint density at radius 3 is 3.06 bits per heavy atom. The quantitative estimate of drug-likeness (QED) is 0.792. The Kier molecular flexibility index (Phi) is 4.15. The van der Waals surface area contributed by atoms with E-state index in [9.17, 15) is 4.79 Å². The predicted molar refractivity (Wildman–Crippen MR) is 72.1 cm³/mol. The van der Waals surface area contributed by atoms with Gasteiger partial charge in [0.1, 0.15) is 5.75 Å². The lowest BCUT2D eigenvalue weighted by Gasteiger charge is -2.05.